The second kappa shape index (κ2) is 8.44. The smallest absolute Gasteiger partial charge is 0.409 e. The Morgan fingerprint density at radius 1 is 1.20 bits per heavy atom. The number of rotatable bonds is 5. The maximum Gasteiger partial charge on any atom is 0.409 e. The van der Waals surface area contributed by atoms with Gasteiger partial charge in [-0.1, -0.05) is 6.07 Å². The normalized spacial score (nSPS) is 14.1. The Labute approximate surface area is 174 Å². The second-order valence-electron chi connectivity index (χ2n) is 6.91. The lowest BCUT2D eigenvalue weighted by Gasteiger charge is -2.34. The average molecular weight is 411 g/mol. The van der Waals surface area contributed by atoms with Gasteiger partial charge in [0.25, 0.3) is 0 Å². The summed E-state index contributed by atoms with van der Waals surface area (Å²) >= 11 is 0. The van der Waals surface area contributed by atoms with E-state index in [1.807, 2.05) is 38.2 Å². The number of hydrogen-bond donors (Lipinski definition) is 1. The van der Waals surface area contributed by atoms with E-state index in [1.165, 1.54) is 0 Å². The minimum absolute atomic E-state index is 0.277. The van der Waals surface area contributed by atoms with Crippen LogP contribution in [0.4, 0.5) is 22.2 Å². The molecular formula is C20H25N7O3. The molecule has 158 valence electrons. The Morgan fingerprint density at radius 3 is 2.73 bits per heavy atom. The minimum atomic E-state index is -0.277. The Bertz CT molecular complexity index is 1040. The maximum atomic E-state index is 12.0. The van der Waals surface area contributed by atoms with Gasteiger partial charge in [0.1, 0.15) is 11.6 Å². The van der Waals surface area contributed by atoms with Crippen molar-refractivity contribution in [2.75, 3.05) is 50.1 Å². The van der Waals surface area contributed by atoms with E-state index >= 15 is 0 Å². The zero-order chi connectivity index (χ0) is 21.1. The molecule has 1 saturated heterocycles. The highest BCUT2D eigenvalue weighted by Crippen LogP contribution is 2.28. The Kier molecular flexibility index (Phi) is 5.55. The number of hydrogen-bond acceptors (Lipinski definition) is 8. The van der Waals surface area contributed by atoms with E-state index in [-0.39, 0.29) is 6.09 Å². The van der Waals surface area contributed by atoms with E-state index < -0.39 is 0 Å². The van der Waals surface area contributed by atoms with Crippen molar-refractivity contribution in [1.82, 2.24) is 24.6 Å². The molecule has 0 unspecified atom stereocenters. The molecule has 0 radical (unpaired) electrons. The molecule has 1 aliphatic heterocycles. The van der Waals surface area contributed by atoms with Crippen LogP contribution in [0.2, 0.25) is 0 Å². The molecule has 1 aromatic carbocycles. The molecule has 3 aromatic rings. The summed E-state index contributed by atoms with van der Waals surface area (Å²) in [6.07, 6.45) is 1.47. The third-order valence-corrected chi connectivity index (χ3v) is 5.00. The number of amides is 1. The van der Waals surface area contributed by atoms with Crippen LogP contribution >= 0.6 is 0 Å². The number of nitrogens with zero attached hydrogens (tertiary/aromatic N) is 6. The third kappa shape index (κ3) is 3.93. The van der Waals surface area contributed by atoms with Gasteiger partial charge in [0, 0.05) is 45.0 Å². The first-order chi connectivity index (χ1) is 14.6. The molecule has 4 rings (SSSR count). The summed E-state index contributed by atoms with van der Waals surface area (Å²) in [6, 6.07) is 7.66. The van der Waals surface area contributed by atoms with Crippen molar-refractivity contribution in [1.29, 1.82) is 0 Å². The molecule has 0 bridgehead atoms. The number of fused-ring (bicyclic) bond motifs is 1. The largest absolute Gasteiger partial charge is 0.497 e. The SMILES string of the molecule is CCOC(=O)N1CCN(c2nc(Nc3cccc(OC)c3)c3cnn(C)c3n2)CC1. The van der Waals surface area contributed by atoms with Crippen LogP contribution in [0.25, 0.3) is 11.0 Å². The highest BCUT2D eigenvalue weighted by Gasteiger charge is 2.24. The first-order valence-electron chi connectivity index (χ1n) is 9.86. The van der Waals surface area contributed by atoms with E-state index in [9.17, 15) is 4.79 Å². The van der Waals surface area contributed by atoms with Crippen molar-refractivity contribution in [2.24, 2.45) is 7.05 Å². The fourth-order valence-corrected chi connectivity index (χ4v) is 3.39. The zero-order valence-corrected chi connectivity index (χ0v) is 17.3. The van der Waals surface area contributed by atoms with Gasteiger partial charge in [0.2, 0.25) is 5.95 Å². The van der Waals surface area contributed by atoms with E-state index in [2.05, 4.69) is 15.3 Å². The highest BCUT2D eigenvalue weighted by molar-refractivity contribution is 5.89. The van der Waals surface area contributed by atoms with Gasteiger partial charge in [-0.05, 0) is 19.1 Å². The van der Waals surface area contributed by atoms with Gasteiger partial charge in [-0.2, -0.15) is 15.1 Å². The molecular weight excluding hydrogens is 386 g/mol. The number of benzene rings is 1. The second-order valence-corrected chi connectivity index (χ2v) is 6.91. The molecule has 0 spiro atoms. The van der Waals surface area contributed by atoms with Crippen molar-refractivity contribution in [3.63, 3.8) is 0 Å². The number of piperazine rings is 1. The van der Waals surface area contributed by atoms with Crippen LogP contribution in [0.3, 0.4) is 0 Å². The molecule has 10 heteroatoms. The fourth-order valence-electron chi connectivity index (χ4n) is 3.39. The Balaban J connectivity index is 1.60. The average Bonchev–Trinajstić information content (AvgIpc) is 3.15. The predicted molar refractivity (Wildman–Crippen MR) is 113 cm³/mol. The van der Waals surface area contributed by atoms with Crippen LogP contribution < -0.4 is 15.0 Å². The number of ether oxygens (including phenoxy) is 2. The topological polar surface area (TPSA) is 97.6 Å². The Hall–Kier alpha value is -3.56. The molecule has 0 aliphatic carbocycles. The van der Waals surface area contributed by atoms with E-state index in [1.54, 1.807) is 22.9 Å². The number of aryl methyl sites for hydroxylation is 1. The summed E-state index contributed by atoms with van der Waals surface area (Å²) in [6.45, 7) is 4.55. The monoisotopic (exact) mass is 411 g/mol. The fraction of sp³-hybridized carbons (Fsp3) is 0.400. The van der Waals surface area contributed by atoms with Crippen LogP contribution in [0, 0.1) is 0 Å². The van der Waals surface area contributed by atoms with Gasteiger partial charge >= 0.3 is 6.09 Å². The molecule has 3 heterocycles. The summed E-state index contributed by atoms with van der Waals surface area (Å²) in [5.74, 6) is 2.02. The molecule has 2 aromatic heterocycles. The highest BCUT2D eigenvalue weighted by atomic mass is 16.6. The first kappa shape index (κ1) is 19.7. The standard InChI is InChI=1S/C20H25N7O3/c1-4-30-20(28)27-10-8-26(9-11-27)19-23-17(16-13-21-25(2)18(16)24-19)22-14-6-5-7-15(12-14)29-3/h5-7,12-13H,4,8-11H2,1-3H3,(H,22,23,24). The van der Waals surface area contributed by atoms with Gasteiger partial charge in [-0.15, -0.1) is 0 Å². The molecule has 10 nitrogen and oxygen atoms in total. The number of carbonyl (C=O) groups excluding carboxylic acids is 1. The van der Waals surface area contributed by atoms with Gasteiger partial charge in [0.05, 0.1) is 25.3 Å². The van der Waals surface area contributed by atoms with Crippen LogP contribution in [0.5, 0.6) is 5.75 Å². The molecule has 1 N–H and O–H groups in total. The quantitative estimate of drug-likeness (QED) is 0.684. The summed E-state index contributed by atoms with van der Waals surface area (Å²) in [5.41, 5.74) is 1.59. The van der Waals surface area contributed by atoms with E-state index in [0.29, 0.717) is 44.6 Å². The number of anilines is 3. The van der Waals surface area contributed by atoms with Gasteiger partial charge in [-0.3, -0.25) is 4.68 Å². The molecule has 0 saturated carbocycles. The summed E-state index contributed by atoms with van der Waals surface area (Å²) < 4.78 is 12.1. The summed E-state index contributed by atoms with van der Waals surface area (Å²) in [5, 5.41) is 8.53. The minimum Gasteiger partial charge on any atom is -0.497 e. The maximum absolute atomic E-state index is 12.0. The summed E-state index contributed by atoms with van der Waals surface area (Å²) in [4.78, 5) is 25.2. The van der Waals surface area contributed by atoms with Crippen LogP contribution in [0.15, 0.2) is 30.5 Å². The van der Waals surface area contributed by atoms with Crippen LogP contribution in [-0.2, 0) is 11.8 Å². The molecule has 1 fully saturated rings. The number of methoxy groups -OCH3 is 1. The number of aromatic nitrogens is 4. The predicted octanol–water partition coefficient (Wildman–Crippen LogP) is 2.39. The molecule has 30 heavy (non-hydrogen) atoms. The number of carbonyl (C=O) groups is 1. The lowest BCUT2D eigenvalue weighted by atomic mass is 10.3. The first-order valence-corrected chi connectivity index (χ1v) is 9.86. The van der Waals surface area contributed by atoms with Gasteiger partial charge in [0.15, 0.2) is 5.65 Å². The number of nitrogens with one attached hydrogen (secondary N) is 1. The van der Waals surface area contributed by atoms with Crippen molar-refractivity contribution in [2.45, 2.75) is 6.92 Å². The Morgan fingerprint density at radius 2 is 2.00 bits per heavy atom. The van der Waals surface area contributed by atoms with Crippen molar-refractivity contribution < 1.29 is 14.3 Å². The van der Waals surface area contributed by atoms with Crippen molar-refractivity contribution in [3.8, 4) is 5.75 Å². The van der Waals surface area contributed by atoms with E-state index in [4.69, 9.17) is 19.4 Å². The molecule has 0 atom stereocenters. The summed E-state index contributed by atoms with van der Waals surface area (Å²) in [7, 11) is 3.49. The van der Waals surface area contributed by atoms with E-state index in [0.717, 1.165) is 22.5 Å². The molecule has 1 aliphatic rings. The van der Waals surface area contributed by atoms with Gasteiger partial charge < -0.3 is 24.6 Å². The lowest BCUT2D eigenvalue weighted by molar-refractivity contribution is 0.105. The molecule has 1 amide bonds. The van der Waals surface area contributed by atoms with Gasteiger partial charge in [-0.25, -0.2) is 4.79 Å². The van der Waals surface area contributed by atoms with Crippen LogP contribution in [0.1, 0.15) is 6.92 Å². The zero-order valence-electron chi connectivity index (χ0n) is 17.3. The lowest BCUT2D eigenvalue weighted by Crippen LogP contribution is -2.49. The van der Waals surface area contributed by atoms with Crippen molar-refractivity contribution in [3.05, 3.63) is 30.5 Å². The van der Waals surface area contributed by atoms with Crippen LogP contribution in [-0.4, -0.2) is 70.6 Å². The van der Waals surface area contributed by atoms with Crippen molar-refractivity contribution >= 4 is 34.6 Å². The third-order valence-electron chi connectivity index (χ3n) is 5.00.